The van der Waals surface area contributed by atoms with Crippen LogP contribution in [0.5, 0.6) is 0 Å². The highest BCUT2D eigenvalue weighted by Gasteiger charge is 2.02. The molecule has 4 nitrogen and oxygen atoms in total. The molecule has 0 heterocycles. The minimum atomic E-state index is -0.0277. The average Bonchev–Trinajstić information content (AvgIpc) is 2.56. The number of aliphatic hydroxyl groups is 1. The van der Waals surface area contributed by atoms with Crippen molar-refractivity contribution in [1.29, 1.82) is 0 Å². The van der Waals surface area contributed by atoms with Gasteiger partial charge in [-0.3, -0.25) is 4.79 Å². The van der Waals surface area contributed by atoms with Gasteiger partial charge in [0, 0.05) is 18.7 Å². The van der Waals surface area contributed by atoms with Crippen LogP contribution < -0.4 is 5.32 Å². The van der Waals surface area contributed by atoms with E-state index in [-0.39, 0.29) is 12.5 Å². The van der Waals surface area contributed by atoms with E-state index in [0.29, 0.717) is 26.1 Å². The van der Waals surface area contributed by atoms with Crippen molar-refractivity contribution in [3.63, 3.8) is 0 Å². The van der Waals surface area contributed by atoms with Crippen molar-refractivity contribution in [2.75, 3.05) is 11.9 Å². The Morgan fingerprint density at radius 3 is 2.41 bits per heavy atom. The molecule has 116 valence electrons. The molecule has 0 spiro atoms. The van der Waals surface area contributed by atoms with Crippen molar-refractivity contribution in [3.05, 3.63) is 65.7 Å². The summed E-state index contributed by atoms with van der Waals surface area (Å²) >= 11 is 0. The van der Waals surface area contributed by atoms with Gasteiger partial charge in [-0.1, -0.05) is 42.5 Å². The lowest BCUT2D eigenvalue weighted by Crippen LogP contribution is -2.12. The van der Waals surface area contributed by atoms with E-state index >= 15 is 0 Å². The summed E-state index contributed by atoms with van der Waals surface area (Å²) in [6.45, 7) is 1.14. The summed E-state index contributed by atoms with van der Waals surface area (Å²) in [5.74, 6) is -0.0277. The topological polar surface area (TPSA) is 58.6 Å². The van der Waals surface area contributed by atoms with Crippen LogP contribution in [-0.4, -0.2) is 17.6 Å². The molecule has 22 heavy (non-hydrogen) atoms. The Hall–Kier alpha value is -2.17. The van der Waals surface area contributed by atoms with Crippen molar-refractivity contribution in [1.82, 2.24) is 0 Å². The molecule has 0 aliphatic rings. The highest BCUT2D eigenvalue weighted by atomic mass is 16.5. The maximum absolute atomic E-state index is 11.8. The smallest absolute Gasteiger partial charge is 0.224 e. The quantitative estimate of drug-likeness (QED) is 0.736. The zero-order chi connectivity index (χ0) is 15.6. The lowest BCUT2D eigenvalue weighted by atomic mass is 10.2. The van der Waals surface area contributed by atoms with E-state index in [2.05, 4.69) is 5.32 Å². The summed E-state index contributed by atoms with van der Waals surface area (Å²) in [4.78, 5) is 11.8. The number of anilines is 1. The number of hydrogen-bond donors (Lipinski definition) is 2. The van der Waals surface area contributed by atoms with Crippen molar-refractivity contribution >= 4 is 11.6 Å². The Labute approximate surface area is 130 Å². The molecule has 4 heteroatoms. The first-order valence-corrected chi connectivity index (χ1v) is 7.39. The van der Waals surface area contributed by atoms with Crippen LogP contribution in [0.1, 0.15) is 24.0 Å². The molecule has 2 N–H and O–H groups in total. The third-order valence-electron chi connectivity index (χ3n) is 3.22. The zero-order valence-corrected chi connectivity index (χ0v) is 12.5. The lowest BCUT2D eigenvalue weighted by molar-refractivity contribution is -0.116. The summed E-state index contributed by atoms with van der Waals surface area (Å²) in [5.41, 5.74) is 2.70. The molecule has 0 saturated heterocycles. The second kappa shape index (κ2) is 8.97. The second-order valence-electron chi connectivity index (χ2n) is 5.04. The summed E-state index contributed by atoms with van der Waals surface area (Å²) in [5, 5.41) is 11.8. The van der Waals surface area contributed by atoms with Gasteiger partial charge in [0.2, 0.25) is 5.91 Å². The van der Waals surface area contributed by atoms with Gasteiger partial charge in [0.05, 0.1) is 13.2 Å². The van der Waals surface area contributed by atoms with Crippen molar-refractivity contribution in [3.8, 4) is 0 Å². The molecular formula is C18H21NO3. The van der Waals surface area contributed by atoms with Crippen molar-refractivity contribution < 1.29 is 14.6 Å². The van der Waals surface area contributed by atoms with Gasteiger partial charge in [0.1, 0.15) is 0 Å². The molecule has 0 aliphatic heterocycles. The molecule has 0 saturated carbocycles. The van der Waals surface area contributed by atoms with E-state index in [1.54, 1.807) is 24.3 Å². The number of rotatable bonds is 8. The average molecular weight is 299 g/mol. The van der Waals surface area contributed by atoms with Gasteiger partial charge < -0.3 is 15.2 Å². The number of carbonyl (C=O) groups is 1. The fraction of sp³-hybridized carbons (Fsp3) is 0.278. The highest BCUT2D eigenvalue weighted by Crippen LogP contribution is 2.10. The SMILES string of the molecule is O=C(CCCOCc1ccccc1)Nc1ccc(CO)cc1. The minimum Gasteiger partial charge on any atom is -0.392 e. The van der Waals surface area contributed by atoms with Gasteiger partial charge in [0.15, 0.2) is 0 Å². The fourth-order valence-electron chi connectivity index (χ4n) is 2.02. The maximum Gasteiger partial charge on any atom is 0.224 e. The molecule has 2 aromatic carbocycles. The summed E-state index contributed by atoms with van der Waals surface area (Å²) in [6, 6.07) is 17.1. The second-order valence-corrected chi connectivity index (χ2v) is 5.04. The van der Waals surface area contributed by atoms with Crippen LogP contribution in [-0.2, 0) is 22.7 Å². The predicted octanol–water partition coefficient (Wildman–Crippen LogP) is 3.11. The first kappa shape index (κ1) is 16.2. The van der Waals surface area contributed by atoms with E-state index in [1.807, 2.05) is 30.3 Å². The standard InChI is InChI=1S/C18H21NO3/c20-13-15-8-10-17(11-9-15)19-18(21)7-4-12-22-14-16-5-2-1-3-6-16/h1-3,5-6,8-11,20H,4,7,12-14H2,(H,19,21). The molecule has 2 aromatic rings. The van der Waals surface area contributed by atoms with Crippen molar-refractivity contribution in [2.45, 2.75) is 26.1 Å². The van der Waals surface area contributed by atoms with Crippen LogP contribution in [0.4, 0.5) is 5.69 Å². The van der Waals surface area contributed by atoms with Gasteiger partial charge >= 0.3 is 0 Å². The van der Waals surface area contributed by atoms with Crippen LogP contribution in [0, 0.1) is 0 Å². The Balaban J connectivity index is 1.61. The highest BCUT2D eigenvalue weighted by molar-refractivity contribution is 5.90. The molecule has 0 bridgehead atoms. The van der Waals surface area contributed by atoms with Gasteiger partial charge in [-0.05, 0) is 29.7 Å². The third kappa shape index (κ3) is 5.68. The Bertz CT molecular complexity index is 567. The van der Waals surface area contributed by atoms with Crippen LogP contribution in [0.2, 0.25) is 0 Å². The monoisotopic (exact) mass is 299 g/mol. The van der Waals surface area contributed by atoms with Crippen LogP contribution in [0.15, 0.2) is 54.6 Å². The third-order valence-corrected chi connectivity index (χ3v) is 3.22. The molecule has 0 aliphatic carbocycles. The van der Waals surface area contributed by atoms with Gasteiger partial charge in [-0.25, -0.2) is 0 Å². The number of benzene rings is 2. The molecule has 1 amide bonds. The molecule has 0 unspecified atom stereocenters. The zero-order valence-electron chi connectivity index (χ0n) is 12.5. The van der Waals surface area contributed by atoms with E-state index < -0.39 is 0 Å². The maximum atomic E-state index is 11.8. The van der Waals surface area contributed by atoms with Gasteiger partial charge in [-0.15, -0.1) is 0 Å². The van der Waals surface area contributed by atoms with E-state index in [0.717, 1.165) is 16.8 Å². The van der Waals surface area contributed by atoms with Crippen LogP contribution in [0.3, 0.4) is 0 Å². The van der Waals surface area contributed by atoms with Crippen LogP contribution >= 0.6 is 0 Å². The molecule has 0 radical (unpaired) electrons. The molecule has 0 atom stereocenters. The Kier molecular flexibility index (Phi) is 6.61. The first-order chi connectivity index (χ1) is 10.8. The normalized spacial score (nSPS) is 10.4. The molecule has 0 aromatic heterocycles. The number of hydrogen-bond acceptors (Lipinski definition) is 3. The molecular weight excluding hydrogens is 278 g/mol. The number of nitrogens with one attached hydrogen (secondary N) is 1. The van der Waals surface area contributed by atoms with Gasteiger partial charge in [0.25, 0.3) is 0 Å². The lowest BCUT2D eigenvalue weighted by Gasteiger charge is -2.07. The number of ether oxygens (including phenoxy) is 1. The first-order valence-electron chi connectivity index (χ1n) is 7.39. The largest absolute Gasteiger partial charge is 0.392 e. The number of amides is 1. The predicted molar refractivity (Wildman–Crippen MR) is 86.3 cm³/mol. The Morgan fingerprint density at radius 1 is 1.00 bits per heavy atom. The van der Waals surface area contributed by atoms with Gasteiger partial charge in [-0.2, -0.15) is 0 Å². The van der Waals surface area contributed by atoms with E-state index in [9.17, 15) is 4.79 Å². The summed E-state index contributed by atoms with van der Waals surface area (Å²) in [7, 11) is 0. The van der Waals surface area contributed by atoms with Crippen LogP contribution in [0.25, 0.3) is 0 Å². The Morgan fingerprint density at radius 2 is 1.73 bits per heavy atom. The molecule has 2 rings (SSSR count). The van der Waals surface area contributed by atoms with E-state index in [4.69, 9.17) is 9.84 Å². The number of carbonyl (C=O) groups excluding carboxylic acids is 1. The minimum absolute atomic E-state index is 0.00692. The summed E-state index contributed by atoms with van der Waals surface area (Å²) in [6.07, 6.45) is 1.12. The summed E-state index contributed by atoms with van der Waals surface area (Å²) < 4.78 is 5.54. The number of aliphatic hydroxyl groups excluding tert-OH is 1. The fourth-order valence-corrected chi connectivity index (χ4v) is 2.02. The van der Waals surface area contributed by atoms with Crippen molar-refractivity contribution in [2.24, 2.45) is 0 Å². The molecule has 0 fully saturated rings. The van der Waals surface area contributed by atoms with E-state index in [1.165, 1.54) is 0 Å².